The lowest BCUT2D eigenvalue weighted by Crippen LogP contribution is -2.15. The molecule has 5 nitrogen and oxygen atoms in total. The summed E-state index contributed by atoms with van der Waals surface area (Å²) in [6, 6.07) is 11.2. The number of nitrogens with one attached hydrogen (secondary N) is 2. The van der Waals surface area contributed by atoms with Crippen LogP contribution in [0.4, 0.5) is 10.1 Å². The normalized spacial score (nSPS) is 10.6. The van der Waals surface area contributed by atoms with Gasteiger partial charge in [0.05, 0.1) is 5.69 Å². The highest BCUT2D eigenvalue weighted by Gasteiger charge is 2.14. The van der Waals surface area contributed by atoms with Gasteiger partial charge in [0.25, 0.3) is 5.91 Å². The van der Waals surface area contributed by atoms with Crippen molar-refractivity contribution in [1.29, 1.82) is 0 Å². The third-order valence-electron chi connectivity index (χ3n) is 3.20. The molecule has 122 valence electrons. The summed E-state index contributed by atoms with van der Waals surface area (Å²) < 4.78 is 13.8. The number of thioether (sulfide) groups is 1. The van der Waals surface area contributed by atoms with Crippen LogP contribution in [-0.4, -0.2) is 21.1 Å². The molecule has 8 heteroatoms. The van der Waals surface area contributed by atoms with E-state index in [1.54, 1.807) is 12.1 Å². The number of aromatic amines is 1. The lowest BCUT2D eigenvalue weighted by atomic mass is 10.1. The molecule has 3 aromatic rings. The number of hydrogen-bond donors (Lipinski definition) is 2. The van der Waals surface area contributed by atoms with Gasteiger partial charge in [0.2, 0.25) is 0 Å². The highest BCUT2D eigenvalue weighted by molar-refractivity contribution is 7.98. The van der Waals surface area contributed by atoms with Crippen LogP contribution in [0.15, 0.2) is 53.9 Å². The van der Waals surface area contributed by atoms with E-state index < -0.39 is 5.82 Å². The summed E-state index contributed by atoms with van der Waals surface area (Å²) in [7, 11) is 0. The third-order valence-corrected chi connectivity index (χ3v) is 4.36. The second-order valence-corrected chi connectivity index (χ2v) is 6.22. The first-order chi connectivity index (χ1) is 11.6. The van der Waals surface area contributed by atoms with Crippen LogP contribution in [0.5, 0.6) is 0 Å². The van der Waals surface area contributed by atoms with E-state index in [1.807, 2.05) is 12.1 Å². The maximum atomic E-state index is 13.8. The average Bonchev–Trinajstić information content (AvgIpc) is 3.09. The Balaban J connectivity index is 1.77. The minimum absolute atomic E-state index is 0.0853. The topological polar surface area (TPSA) is 70.7 Å². The van der Waals surface area contributed by atoms with E-state index in [2.05, 4.69) is 20.5 Å². The summed E-state index contributed by atoms with van der Waals surface area (Å²) in [6.45, 7) is 0. The fraction of sp³-hybridized carbons (Fsp3) is 0.0625. The van der Waals surface area contributed by atoms with E-state index in [-0.39, 0.29) is 16.6 Å². The number of hydrogen-bond acceptors (Lipinski definition) is 4. The number of halogens is 2. The molecule has 0 saturated heterocycles. The molecule has 0 bridgehead atoms. The summed E-state index contributed by atoms with van der Waals surface area (Å²) in [5.74, 6) is -0.434. The number of aromatic nitrogens is 3. The molecule has 0 aliphatic carbocycles. The number of rotatable bonds is 5. The van der Waals surface area contributed by atoms with E-state index in [9.17, 15) is 9.18 Å². The molecule has 1 aromatic heterocycles. The van der Waals surface area contributed by atoms with Gasteiger partial charge in [0.1, 0.15) is 12.1 Å². The Bertz CT molecular complexity index is 857. The second kappa shape index (κ2) is 7.46. The largest absolute Gasteiger partial charge is 0.319 e. The number of H-pyrrole nitrogens is 1. The van der Waals surface area contributed by atoms with Gasteiger partial charge >= 0.3 is 0 Å². The Kier molecular flexibility index (Phi) is 5.12. The standard InChI is InChI=1S/C16H12ClFN4OS/c17-11-5-6-14(13(18)7-11)21-15(23)12-4-2-1-3-10(12)8-24-16-19-9-20-22-16/h1-7,9H,8H2,(H,21,23)(H,19,20,22). The minimum Gasteiger partial charge on any atom is -0.319 e. The summed E-state index contributed by atoms with van der Waals surface area (Å²) in [5.41, 5.74) is 1.37. The Hall–Kier alpha value is -2.38. The van der Waals surface area contributed by atoms with Crippen molar-refractivity contribution in [3.8, 4) is 0 Å². The van der Waals surface area contributed by atoms with Gasteiger partial charge in [-0.15, -0.1) is 0 Å². The lowest BCUT2D eigenvalue weighted by Gasteiger charge is -2.10. The van der Waals surface area contributed by atoms with Gasteiger partial charge in [-0.3, -0.25) is 9.89 Å². The average molecular weight is 363 g/mol. The van der Waals surface area contributed by atoms with Crippen LogP contribution in [-0.2, 0) is 5.75 Å². The van der Waals surface area contributed by atoms with Gasteiger partial charge in [0, 0.05) is 16.3 Å². The van der Waals surface area contributed by atoms with Crippen LogP contribution in [0.25, 0.3) is 0 Å². The Morgan fingerprint density at radius 1 is 1.29 bits per heavy atom. The number of nitrogens with zero attached hydrogens (tertiary/aromatic N) is 2. The van der Waals surface area contributed by atoms with Crippen LogP contribution in [0, 0.1) is 5.82 Å². The van der Waals surface area contributed by atoms with Crippen LogP contribution < -0.4 is 5.32 Å². The Labute approximate surface area is 146 Å². The molecule has 1 amide bonds. The SMILES string of the molecule is O=C(Nc1ccc(Cl)cc1F)c1ccccc1CSc1ncn[nH]1. The summed E-state index contributed by atoms with van der Waals surface area (Å²) in [6.07, 6.45) is 1.42. The Morgan fingerprint density at radius 2 is 2.12 bits per heavy atom. The van der Waals surface area contributed by atoms with E-state index in [0.29, 0.717) is 16.5 Å². The lowest BCUT2D eigenvalue weighted by molar-refractivity contribution is 0.102. The zero-order valence-corrected chi connectivity index (χ0v) is 13.9. The molecule has 3 rings (SSSR count). The number of amides is 1. The minimum atomic E-state index is -0.579. The number of carbonyl (C=O) groups excluding carboxylic acids is 1. The number of anilines is 1. The second-order valence-electron chi connectivity index (χ2n) is 4.81. The highest BCUT2D eigenvalue weighted by atomic mass is 35.5. The van der Waals surface area contributed by atoms with Crippen molar-refractivity contribution in [3.05, 3.63) is 70.8 Å². The first-order valence-electron chi connectivity index (χ1n) is 6.96. The molecule has 0 aliphatic rings. The van der Waals surface area contributed by atoms with Gasteiger partial charge < -0.3 is 5.32 Å². The van der Waals surface area contributed by atoms with Crippen molar-refractivity contribution in [2.24, 2.45) is 0 Å². The Morgan fingerprint density at radius 3 is 2.88 bits per heavy atom. The smallest absolute Gasteiger partial charge is 0.256 e. The van der Waals surface area contributed by atoms with Crippen molar-refractivity contribution < 1.29 is 9.18 Å². The number of carbonyl (C=O) groups is 1. The fourth-order valence-electron chi connectivity index (χ4n) is 2.06. The molecule has 2 aromatic carbocycles. The monoisotopic (exact) mass is 362 g/mol. The molecular weight excluding hydrogens is 351 g/mol. The van der Waals surface area contributed by atoms with Crippen molar-refractivity contribution in [1.82, 2.24) is 15.2 Å². The van der Waals surface area contributed by atoms with E-state index in [0.717, 1.165) is 11.6 Å². The molecule has 0 saturated carbocycles. The first-order valence-corrected chi connectivity index (χ1v) is 8.32. The predicted octanol–water partition coefficient (Wildman–Crippen LogP) is 4.14. The van der Waals surface area contributed by atoms with Crippen LogP contribution >= 0.6 is 23.4 Å². The van der Waals surface area contributed by atoms with E-state index in [1.165, 1.54) is 30.2 Å². The van der Waals surface area contributed by atoms with Crippen molar-refractivity contribution in [3.63, 3.8) is 0 Å². The predicted molar refractivity (Wildman–Crippen MR) is 91.7 cm³/mol. The van der Waals surface area contributed by atoms with Gasteiger partial charge in [-0.05, 0) is 29.8 Å². The van der Waals surface area contributed by atoms with Crippen LogP contribution in [0.2, 0.25) is 5.02 Å². The molecule has 0 aliphatic heterocycles. The molecule has 0 spiro atoms. The van der Waals surface area contributed by atoms with Gasteiger partial charge in [0.15, 0.2) is 5.16 Å². The molecule has 0 atom stereocenters. The summed E-state index contributed by atoms with van der Waals surface area (Å²) in [5, 5.41) is 10.0. The van der Waals surface area contributed by atoms with Crippen LogP contribution in [0.3, 0.4) is 0 Å². The molecule has 0 fully saturated rings. The highest BCUT2D eigenvalue weighted by Crippen LogP contribution is 2.23. The first kappa shape index (κ1) is 16.5. The van der Waals surface area contributed by atoms with Gasteiger partial charge in [-0.1, -0.05) is 41.6 Å². The molecule has 24 heavy (non-hydrogen) atoms. The maximum Gasteiger partial charge on any atom is 0.256 e. The molecule has 2 N–H and O–H groups in total. The van der Waals surface area contributed by atoms with Gasteiger partial charge in [-0.2, -0.15) is 5.10 Å². The van der Waals surface area contributed by atoms with Gasteiger partial charge in [-0.25, -0.2) is 9.37 Å². The maximum absolute atomic E-state index is 13.8. The molecule has 1 heterocycles. The quantitative estimate of drug-likeness (QED) is 0.669. The molecule has 0 unspecified atom stereocenters. The summed E-state index contributed by atoms with van der Waals surface area (Å²) in [4.78, 5) is 16.5. The van der Waals surface area contributed by atoms with Crippen molar-refractivity contribution in [2.45, 2.75) is 10.9 Å². The van der Waals surface area contributed by atoms with Crippen molar-refractivity contribution >= 4 is 35.0 Å². The fourth-order valence-corrected chi connectivity index (χ4v) is 3.00. The molecule has 0 radical (unpaired) electrons. The third kappa shape index (κ3) is 3.93. The van der Waals surface area contributed by atoms with Crippen LogP contribution in [0.1, 0.15) is 15.9 Å². The van der Waals surface area contributed by atoms with E-state index >= 15 is 0 Å². The number of benzene rings is 2. The van der Waals surface area contributed by atoms with E-state index in [4.69, 9.17) is 11.6 Å². The van der Waals surface area contributed by atoms with Crippen molar-refractivity contribution in [2.75, 3.05) is 5.32 Å². The zero-order chi connectivity index (χ0) is 16.9. The molecular formula is C16H12ClFN4OS. The summed E-state index contributed by atoms with van der Waals surface area (Å²) >= 11 is 7.14. The zero-order valence-electron chi connectivity index (χ0n) is 12.3.